The third-order valence-electron chi connectivity index (χ3n) is 5.28. The lowest BCUT2D eigenvalue weighted by Gasteiger charge is -2.26. The number of benzene rings is 1. The quantitative estimate of drug-likeness (QED) is 0.403. The zero-order chi connectivity index (χ0) is 21.3. The number of hydrogen-bond donors (Lipinski definition) is 1. The Bertz CT molecular complexity index is 981. The summed E-state index contributed by atoms with van der Waals surface area (Å²) in [6.07, 6.45) is 1.65. The van der Waals surface area contributed by atoms with E-state index in [2.05, 4.69) is 0 Å². The Hall–Kier alpha value is -2.35. The summed E-state index contributed by atoms with van der Waals surface area (Å²) in [6, 6.07) is 7.91. The van der Waals surface area contributed by atoms with Crippen LogP contribution in [0.15, 0.2) is 41.3 Å². The Morgan fingerprint density at radius 2 is 2.20 bits per heavy atom. The molecule has 2 saturated heterocycles. The number of amides is 1. The minimum absolute atomic E-state index is 0.0380. The molecular formula is C22H22ClNO5S. The van der Waals surface area contributed by atoms with Crippen LogP contribution in [-0.4, -0.2) is 47.6 Å². The number of aliphatic hydroxyl groups is 1. The summed E-state index contributed by atoms with van der Waals surface area (Å²) in [5, 5.41) is 13.3. The number of Topliss-reactive ketones (excluding diaryl/α,β-unsaturated/α-hetero) is 1. The van der Waals surface area contributed by atoms with E-state index in [0.717, 1.165) is 17.7 Å². The lowest BCUT2D eigenvalue weighted by atomic mass is 9.99. The number of halogens is 1. The van der Waals surface area contributed by atoms with Crippen molar-refractivity contribution in [2.24, 2.45) is 0 Å². The molecule has 2 aromatic rings. The van der Waals surface area contributed by atoms with Gasteiger partial charge in [-0.1, -0.05) is 17.7 Å². The van der Waals surface area contributed by atoms with Crippen LogP contribution in [0.4, 0.5) is 0 Å². The van der Waals surface area contributed by atoms with Crippen molar-refractivity contribution in [3.8, 4) is 5.75 Å². The number of rotatable bonds is 6. The molecule has 2 unspecified atom stereocenters. The van der Waals surface area contributed by atoms with Gasteiger partial charge in [0.2, 0.25) is 0 Å². The number of thiophene rings is 1. The van der Waals surface area contributed by atoms with Crippen LogP contribution in [0, 0.1) is 0 Å². The van der Waals surface area contributed by atoms with Crippen LogP contribution >= 0.6 is 22.9 Å². The van der Waals surface area contributed by atoms with Gasteiger partial charge in [-0.05, 0) is 49.4 Å². The highest BCUT2D eigenvalue weighted by atomic mass is 35.5. The molecule has 0 aliphatic carbocycles. The molecular weight excluding hydrogens is 426 g/mol. The molecule has 2 aliphatic heterocycles. The van der Waals surface area contributed by atoms with Crippen LogP contribution in [0.3, 0.4) is 0 Å². The second-order valence-electron chi connectivity index (χ2n) is 7.18. The third-order valence-corrected chi connectivity index (χ3v) is 6.54. The molecule has 0 radical (unpaired) electrons. The van der Waals surface area contributed by atoms with Gasteiger partial charge in [0.05, 0.1) is 29.3 Å². The monoisotopic (exact) mass is 447 g/mol. The summed E-state index contributed by atoms with van der Waals surface area (Å²) in [5.41, 5.74) is 0.301. The predicted molar refractivity (Wildman–Crippen MR) is 115 cm³/mol. The average Bonchev–Trinajstić information content (AvgIpc) is 3.48. The van der Waals surface area contributed by atoms with Gasteiger partial charge in [0.25, 0.3) is 11.7 Å². The molecule has 6 nitrogen and oxygen atoms in total. The standard InChI is InChI=1S/C22H22ClNO5S/c1-2-28-13-7-8-16(23)15(11-13)20(25)18-19(17-6-4-10-30-17)24(22(27)21(18)26)12-14-5-3-9-29-14/h4,6-8,10-11,14,19,25H,2-3,5,9,12H2,1H3/b20-18-. The number of ether oxygens (including phenoxy) is 2. The first-order valence-electron chi connectivity index (χ1n) is 9.87. The molecule has 3 heterocycles. The largest absolute Gasteiger partial charge is 0.507 e. The van der Waals surface area contributed by atoms with E-state index in [-0.39, 0.29) is 28.0 Å². The molecule has 1 aromatic carbocycles. The van der Waals surface area contributed by atoms with E-state index >= 15 is 0 Å². The molecule has 1 aromatic heterocycles. The van der Waals surface area contributed by atoms with E-state index in [1.807, 2.05) is 24.4 Å². The normalized spacial score (nSPS) is 23.3. The summed E-state index contributed by atoms with van der Waals surface area (Å²) >= 11 is 7.75. The molecule has 2 atom stereocenters. The van der Waals surface area contributed by atoms with Crippen molar-refractivity contribution < 1.29 is 24.2 Å². The van der Waals surface area contributed by atoms with Crippen LogP contribution in [0.2, 0.25) is 5.02 Å². The third kappa shape index (κ3) is 3.85. The van der Waals surface area contributed by atoms with Crippen molar-refractivity contribution in [3.05, 3.63) is 56.7 Å². The minimum Gasteiger partial charge on any atom is -0.507 e. The van der Waals surface area contributed by atoms with Gasteiger partial charge < -0.3 is 19.5 Å². The van der Waals surface area contributed by atoms with E-state index in [1.54, 1.807) is 18.2 Å². The maximum absolute atomic E-state index is 13.0. The summed E-state index contributed by atoms with van der Waals surface area (Å²) < 4.78 is 11.2. The Labute approximate surface area is 183 Å². The van der Waals surface area contributed by atoms with E-state index < -0.39 is 17.7 Å². The van der Waals surface area contributed by atoms with E-state index in [1.165, 1.54) is 16.2 Å². The van der Waals surface area contributed by atoms with Gasteiger partial charge in [-0.15, -0.1) is 11.3 Å². The molecule has 2 fully saturated rings. The average molecular weight is 448 g/mol. The zero-order valence-corrected chi connectivity index (χ0v) is 18.0. The first kappa shape index (κ1) is 20.9. The zero-order valence-electron chi connectivity index (χ0n) is 16.5. The van der Waals surface area contributed by atoms with E-state index in [0.29, 0.717) is 25.5 Å². The van der Waals surface area contributed by atoms with Gasteiger partial charge in [0.1, 0.15) is 11.5 Å². The molecule has 30 heavy (non-hydrogen) atoms. The predicted octanol–water partition coefficient (Wildman–Crippen LogP) is 4.40. The highest BCUT2D eigenvalue weighted by molar-refractivity contribution is 7.10. The Kier molecular flexibility index (Phi) is 6.13. The molecule has 8 heteroatoms. The molecule has 0 saturated carbocycles. The highest BCUT2D eigenvalue weighted by Crippen LogP contribution is 2.42. The number of carbonyl (C=O) groups is 2. The van der Waals surface area contributed by atoms with E-state index in [4.69, 9.17) is 21.1 Å². The maximum atomic E-state index is 13.0. The number of likely N-dealkylation sites (tertiary alicyclic amines) is 1. The molecule has 0 spiro atoms. The number of ketones is 1. The SMILES string of the molecule is CCOc1ccc(Cl)c(/C(O)=C2/C(=O)C(=O)N(CC3CCCO3)C2c2cccs2)c1. The van der Waals surface area contributed by atoms with Gasteiger partial charge in [0.15, 0.2) is 0 Å². The molecule has 1 amide bonds. The number of hydrogen-bond acceptors (Lipinski definition) is 6. The molecule has 2 aliphatic rings. The fourth-order valence-electron chi connectivity index (χ4n) is 3.91. The molecule has 4 rings (SSSR count). The van der Waals surface area contributed by atoms with Gasteiger partial charge in [-0.25, -0.2) is 0 Å². The topological polar surface area (TPSA) is 76.1 Å². The van der Waals surface area contributed by atoms with Gasteiger partial charge in [-0.3, -0.25) is 9.59 Å². The Morgan fingerprint density at radius 1 is 1.37 bits per heavy atom. The van der Waals surface area contributed by atoms with Crippen LogP contribution < -0.4 is 4.74 Å². The number of carbonyl (C=O) groups excluding carboxylic acids is 2. The summed E-state index contributed by atoms with van der Waals surface area (Å²) in [6.45, 7) is 3.25. The highest BCUT2D eigenvalue weighted by Gasteiger charge is 2.47. The van der Waals surface area contributed by atoms with Crippen molar-refractivity contribution in [1.82, 2.24) is 4.90 Å². The van der Waals surface area contributed by atoms with Crippen LogP contribution in [0.1, 0.15) is 36.2 Å². The van der Waals surface area contributed by atoms with Crippen molar-refractivity contribution in [1.29, 1.82) is 0 Å². The first-order valence-corrected chi connectivity index (χ1v) is 11.1. The lowest BCUT2D eigenvalue weighted by Crippen LogP contribution is -2.36. The molecule has 0 bridgehead atoms. The summed E-state index contributed by atoms with van der Waals surface area (Å²) in [4.78, 5) is 28.2. The van der Waals surface area contributed by atoms with Crippen molar-refractivity contribution in [3.63, 3.8) is 0 Å². The van der Waals surface area contributed by atoms with Crippen LogP contribution in [0.5, 0.6) is 5.75 Å². The second-order valence-corrected chi connectivity index (χ2v) is 8.56. The maximum Gasteiger partial charge on any atom is 0.295 e. The fourth-order valence-corrected chi connectivity index (χ4v) is 4.96. The van der Waals surface area contributed by atoms with Crippen LogP contribution in [-0.2, 0) is 14.3 Å². The molecule has 158 valence electrons. The molecule has 1 N–H and O–H groups in total. The summed E-state index contributed by atoms with van der Waals surface area (Å²) in [7, 11) is 0. The summed E-state index contributed by atoms with van der Waals surface area (Å²) in [5.74, 6) is -1.14. The van der Waals surface area contributed by atoms with Crippen LogP contribution in [0.25, 0.3) is 5.76 Å². The van der Waals surface area contributed by atoms with Crippen molar-refractivity contribution in [2.45, 2.75) is 31.9 Å². The second kappa shape index (κ2) is 8.79. The van der Waals surface area contributed by atoms with E-state index in [9.17, 15) is 14.7 Å². The Balaban J connectivity index is 1.81. The lowest BCUT2D eigenvalue weighted by molar-refractivity contribution is -0.140. The minimum atomic E-state index is -0.721. The van der Waals surface area contributed by atoms with Crippen molar-refractivity contribution >= 4 is 40.4 Å². The first-order chi connectivity index (χ1) is 14.5. The smallest absolute Gasteiger partial charge is 0.295 e. The number of aliphatic hydroxyl groups excluding tert-OH is 1. The fraction of sp³-hybridized carbons (Fsp3) is 0.364. The number of nitrogens with zero attached hydrogens (tertiary/aromatic N) is 1. The van der Waals surface area contributed by atoms with Crippen molar-refractivity contribution in [2.75, 3.05) is 19.8 Å². The van der Waals surface area contributed by atoms with Gasteiger partial charge >= 0.3 is 0 Å². The van der Waals surface area contributed by atoms with Gasteiger partial charge in [-0.2, -0.15) is 0 Å². The Morgan fingerprint density at radius 3 is 2.87 bits per heavy atom. The van der Waals surface area contributed by atoms with Gasteiger partial charge in [0, 0.05) is 23.6 Å².